The van der Waals surface area contributed by atoms with E-state index in [2.05, 4.69) is 4.98 Å². The molecule has 1 aromatic carbocycles. The molecule has 2 rings (SSSR count). The Morgan fingerprint density at radius 1 is 1.29 bits per heavy atom. The van der Waals surface area contributed by atoms with Crippen LogP contribution in [0.1, 0.15) is 5.56 Å². The Labute approximate surface area is 103 Å². The molecular formula is C13H8ClFN2. The molecule has 1 heterocycles. The van der Waals surface area contributed by atoms with Gasteiger partial charge in [-0.3, -0.25) is 0 Å². The van der Waals surface area contributed by atoms with E-state index in [-0.39, 0.29) is 17.4 Å². The summed E-state index contributed by atoms with van der Waals surface area (Å²) in [5.41, 5.74) is 1.56. The van der Waals surface area contributed by atoms with E-state index in [0.29, 0.717) is 11.3 Å². The highest BCUT2D eigenvalue weighted by Gasteiger charge is 2.08. The normalized spacial score (nSPS) is 9.94. The fourth-order valence-electron chi connectivity index (χ4n) is 1.55. The average Bonchev–Trinajstić information content (AvgIpc) is 2.29. The van der Waals surface area contributed by atoms with Crippen LogP contribution in [-0.2, 0) is 6.42 Å². The third-order valence-electron chi connectivity index (χ3n) is 2.29. The number of pyridine rings is 1. The van der Waals surface area contributed by atoms with Crippen molar-refractivity contribution in [1.82, 2.24) is 4.98 Å². The number of halogens is 2. The number of hydrogen-bond acceptors (Lipinski definition) is 2. The van der Waals surface area contributed by atoms with E-state index < -0.39 is 0 Å². The average molecular weight is 247 g/mol. The molecule has 0 unspecified atom stereocenters. The van der Waals surface area contributed by atoms with Crippen LogP contribution < -0.4 is 0 Å². The molecule has 0 aliphatic heterocycles. The third-order valence-corrected chi connectivity index (χ3v) is 2.48. The molecule has 1 aromatic heterocycles. The predicted molar refractivity (Wildman–Crippen MR) is 64.0 cm³/mol. The van der Waals surface area contributed by atoms with Crippen LogP contribution in [0.4, 0.5) is 4.39 Å². The van der Waals surface area contributed by atoms with Gasteiger partial charge in [-0.1, -0.05) is 23.7 Å². The Kier molecular flexibility index (Phi) is 3.36. The maximum absolute atomic E-state index is 13.6. The molecule has 2 aromatic rings. The van der Waals surface area contributed by atoms with E-state index in [4.69, 9.17) is 16.9 Å². The SMILES string of the molecule is N#CCc1cc(Cl)nc(-c2ccccc2F)c1. The van der Waals surface area contributed by atoms with Gasteiger partial charge in [0.15, 0.2) is 0 Å². The minimum Gasteiger partial charge on any atom is -0.236 e. The largest absolute Gasteiger partial charge is 0.236 e. The molecular weight excluding hydrogens is 239 g/mol. The van der Waals surface area contributed by atoms with Gasteiger partial charge in [0.25, 0.3) is 0 Å². The summed E-state index contributed by atoms with van der Waals surface area (Å²) in [6, 6.07) is 11.6. The first-order chi connectivity index (χ1) is 8.20. The minimum atomic E-state index is -0.356. The van der Waals surface area contributed by atoms with E-state index in [9.17, 15) is 4.39 Å². The van der Waals surface area contributed by atoms with Crippen molar-refractivity contribution in [2.45, 2.75) is 6.42 Å². The van der Waals surface area contributed by atoms with Crippen LogP contribution in [0, 0.1) is 17.1 Å². The number of nitriles is 1. The van der Waals surface area contributed by atoms with Crippen LogP contribution in [0.3, 0.4) is 0 Å². The zero-order valence-electron chi connectivity index (χ0n) is 8.82. The summed E-state index contributed by atoms with van der Waals surface area (Å²) in [6.45, 7) is 0. The van der Waals surface area contributed by atoms with Gasteiger partial charge in [-0.2, -0.15) is 5.26 Å². The van der Waals surface area contributed by atoms with E-state index in [0.717, 1.165) is 5.56 Å². The molecule has 0 atom stereocenters. The summed E-state index contributed by atoms with van der Waals surface area (Å²) in [5.74, 6) is -0.356. The van der Waals surface area contributed by atoms with Crippen molar-refractivity contribution in [1.29, 1.82) is 5.26 Å². The van der Waals surface area contributed by atoms with Gasteiger partial charge in [-0.15, -0.1) is 0 Å². The monoisotopic (exact) mass is 246 g/mol. The number of benzene rings is 1. The van der Waals surface area contributed by atoms with Gasteiger partial charge < -0.3 is 0 Å². The molecule has 0 saturated heterocycles. The third kappa shape index (κ3) is 2.61. The summed E-state index contributed by atoms with van der Waals surface area (Å²) in [5, 5.41) is 8.90. The van der Waals surface area contributed by atoms with Gasteiger partial charge in [0, 0.05) is 5.56 Å². The Hall–Kier alpha value is -1.92. The highest BCUT2D eigenvalue weighted by molar-refractivity contribution is 6.29. The molecule has 0 aliphatic rings. The summed E-state index contributed by atoms with van der Waals surface area (Å²) >= 11 is 5.85. The fraction of sp³-hybridized carbons (Fsp3) is 0.0769. The molecule has 0 spiro atoms. The second-order valence-corrected chi connectivity index (χ2v) is 3.89. The predicted octanol–water partition coefficient (Wildman–Crippen LogP) is 3.61. The van der Waals surface area contributed by atoms with E-state index in [1.165, 1.54) is 6.07 Å². The first-order valence-electron chi connectivity index (χ1n) is 4.99. The van der Waals surface area contributed by atoms with Gasteiger partial charge in [0.1, 0.15) is 11.0 Å². The zero-order chi connectivity index (χ0) is 12.3. The second kappa shape index (κ2) is 4.94. The lowest BCUT2D eigenvalue weighted by atomic mass is 10.1. The smallest absolute Gasteiger partial charge is 0.132 e. The lowest BCUT2D eigenvalue weighted by Gasteiger charge is -2.05. The maximum atomic E-state index is 13.6. The second-order valence-electron chi connectivity index (χ2n) is 3.50. The van der Waals surface area contributed by atoms with Crippen molar-refractivity contribution in [3.8, 4) is 17.3 Å². The van der Waals surface area contributed by atoms with Gasteiger partial charge in [-0.25, -0.2) is 9.37 Å². The molecule has 0 saturated carbocycles. The molecule has 4 heteroatoms. The lowest BCUT2D eigenvalue weighted by molar-refractivity contribution is 0.630. The molecule has 84 valence electrons. The van der Waals surface area contributed by atoms with Crippen molar-refractivity contribution in [2.75, 3.05) is 0 Å². The fourth-order valence-corrected chi connectivity index (χ4v) is 1.78. The number of rotatable bonds is 2. The molecule has 0 fully saturated rings. The molecule has 2 nitrogen and oxygen atoms in total. The number of hydrogen-bond donors (Lipinski definition) is 0. The molecule has 0 aliphatic carbocycles. The summed E-state index contributed by atoms with van der Waals surface area (Å²) in [6.07, 6.45) is 0.226. The Morgan fingerprint density at radius 2 is 2.06 bits per heavy atom. The standard InChI is InChI=1S/C13H8ClFN2/c14-13-8-9(5-6-16)7-12(17-13)10-3-1-2-4-11(10)15/h1-4,7-8H,5H2. The van der Waals surface area contributed by atoms with Crippen LogP contribution in [0.2, 0.25) is 5.15 Å². The number of nitrogens with zero attached hydrogens (tertiary/aromatic N) is 2. The first-order valence-corrected chi connectivity index (χ1v) is 5.37. The van der Waals surface area contributed by atoms with Crippen LogP contribution in [-0.4, -0.2) is 4.98 Å². The summed E-state index contributed by atoms with van der Waals surface area (Å²) in [7, 11) is 0. The van der Waals surface area contributed by atoms with Crippen LogP contribution in [0.5, 0.6) is 0 Å². The van der Waals surface area contributed by atoms with Crippen LogP contribution in [0.15, 0.2) is 36.4 Å². The van der Waals surface area contributed by atoms with Crippen LogP contribution >= 0.6 is 11.6 Å². The highest BCUT2D eigenvalue weighted by atomic mass is 35.5. The van der Waals surface area contributed by atoms with Crippen molar-refractivity contribution in [3.05, 3.63) is 52.9 Å². The molecule has 0 N–H and O–H groups in total. The maximum Gasteiger partial charge on any atom is 0.132 e. The first kappa shape index (κ1) is 11.6. The van der Waals surface area contributed by atoms with E-state index in [1.54, 1.807) is 30.3 Å². The quantitative estimate of drug-likeness (QED) is 0.759. The minimum absolute atomic E-state index is 0.226. The highest BCUT2D eigenvalue weighted by Crippen LogP contribution is 2.23. The number of aromatic nitrogens is 1. The van der Waals surface area contributed by atoms with E-state index in [1.807, 2.05) is 6.07 Å². The van der Waals surface area contributed by atoms with E-state index >= 15 is 0 Å². The molecule has 17 heavy (non-hydrogen) atoms. The van der Waals surface area contributed by atoms with Crippen molar-refractivity contribution in [2.24, 2.45) is 0 Å². The Bertz CT molecular complexity index is 590. The van der Waals surface area contributed by atoms with Gasteiger partial charge in [0.2, 0.25) is 0 Å². The summed E-state index contributed by atoms with van der Waals surface area (Å²) in [4.78, 5) is 4.06. The topological polar surface area (TPSA) is 36.7 Å². The van der Waals surface area contributed by atoms with Crippen molar-refractivity contribution < 1.29 is 4.39 Å². The Balaban J connectivity index is 2.53. The van der Waals surface area contributed by atoms with Crippen LogP contribution in [0.25, 0.3) is 11.3 Å². The van der Waals surface area contributed by atoms with Gasteiger partial charge in [0.05, 0.1) is 18.2 Å². The zero-order valence-corrected chi connectivity index (χ0v) is 9.58. The Morgan fingerprint density at radius 3 is 2.76 bits per heavy atom. The summed E-state index contributed by atoms with van der Waals surface area (Å²) < 4.78 is 13.6. The molecule has 0 radical (unpaired) electrons. The lowest BCUT2D eigenvalue weighted by Crippen LogP contribution is -1.91. The molecule has 0 amide bonds. The van der Waals surface area contributed by atoms with Gasteiger partial charge >= 0.3 is 0 Å². The van der Waals surface area contributed by atoms with Gasteiger partial charge in [-0.05, 0) is 29.8 Å². The van der Waals surface area contributed by atoms with Crippen molar-refractivity contribution >= 4 is 11.6 Å². The van der Waals surface area contributed by atoms with Crippen molar-refractivity contribution in [3.63, 3.8) is 0 Å². The molecule has 0 bridgehead atoms.